The van der Waals surface area contributed by atoms with Gasteiger partial charge in [0.25, 0.3) is 0 Å². The fraction of sp³-hybridized carbons (Fsp3) is 0.314. The minimum Gasteiger partial charge on any atom is -0.358 e. The number of carbonyl (C=O) groups excluding carboxylic acids is 6. The Hall–Kier alpha value is -9.36. The van der Waals surface area contributed by atoms with Crippen molar-refractivity contribution < 1.29 is 28.8 Å². The Morgan fingerprint density at radius 3 is 0.886 bits per heavy atom. The van der Waals surface area contributed by atoms with Crippen LogP contribution in [0.25, 0.3) is 32.7 Å². The van der Waals surface area contributed by atoms with Crippen LogP contribution in [0.3, 0.4) is 0 Å². The average Bonchev–Trinajstić information content (AvgIpc) is 2.76. The summed E-state index contributed by atoms with van der Waals surface area (Å²) < 4.78 is 0. The number of benzene rings is 6. The first kappa shape index (κ1) is 63.2. The molecule has 0 spiro atoms. The van der Waals surface area contributed by atoms with E-state index in [1.807, 2.05) is 166 Å². The van der Waals surface area contributed by atoms with Crippen LogP contribution in [0.2, 0.25) is 0 Å². The lowest BCUT2D eigenvalue weighted by Crippen LogP contribution is -2.44. The molecular weight excluding hydrogens is 1100 g/mol. The lowest BCUT2D eigenvalue weighted by Gasteiger charge is -2.22. The van der Waals surface area contributed by atoms with E-state index in [4.69, 9.17) is 17.2 Å². The van der Waals surface area contributed by atoms with Gasteiger partial charge in [0.2, 0.25) is 35.4 Å². The van der Waals surface area contributed by atoms with Gasteiger partial charge in [0.05, 0.1) is 19.3 Å². The smallest absolute Gasteiger partial charge is 0.246 e. The third kappa shape index (κ3) is 15.6. The Balaban J connectivity index is 0.931. The van der Waals surface area contributed by atoms with Crippen molar-refractivity contribution >= 4 is 85.2 Å². The van der Waals surface area contributed by atoms with E-state index in [0.29, 0.717) is 75.2 Å². The number of hydrogen-bond donors (Lipinski definition) is 12. The number of para-hydroxylation sites is 3. The first-order valence-corrected chi connectivity index (χ1v) is 30.8. The van der Waals surface area contributed by atoms with E-state index in [0.717, 1.165) is 102 Å². The molecule has 0 unspecified atom stereocenters. The van der Waals surface area contributed by atoms with E-state index in [-0.39, 0.29) is 54.7 Å². The summed E-state index contributed by atoms with van der Waals surface area (Å²) in [7, 11) is 0. The molecule has 15 N–H and O–H groups in total. The highest BCUT2D eigenvalue weighted by molar-refractivity contribution is 6.01. The topological polar surface area (TPSA) is 300 Å². The van der Waals surface area contributed by atoms with Crippen molar-refractivity contribution in [1.29, 1.82) is 0 Å². The lowest BCUT2D eigenvalue weighted by molar-refractivity contribution is -0.126. The molecule has 9 aromatic rings. The van der Waals surface area contributed by atoms with Gasteiger partial charge in [-0.25, -0.2) is 0 Å². The van der Waals surface area contributed by atoms with Crippen LogP contribution < -0.4 is 49.1 Å². The summed E-state index contributed by atoms with van der Waals surface area (Å²) in [5, 5.41) is 21.0. The summed E-state index contributed by atoms with van der Waals surface area (Å²) in [6.45, 7) is 7.15. The summed E-state index contributed by atoms with van der Waals surface area (Å²) in [5.41, 5.74) is 30.4. The Labute approximate surface area is 513 Å². The Kier molecular flexibility index (Phi) is 21.8. The van der Waals surface area contributed by atoms with Gasteiger partial charge in [0.15, 0.2) is 0 Å². The Morgan fingerprint density at radius 1 is 0.375 bits per heavy atom. The van der Waals surface area contributed by atoms with Gasteiger partial charge >= 0.3 is 0 Å². The lowest BCUT2D eigenvalue weighted by atomic mass is 9.85. The maximum atomic E-state index is 14.0. The molecule has 0 aliphatic carbocycles. The van der Waals surface area contributed by atoms with E-state index in [1.54, 1.807) is 0 Å². The SMILES string of the molecule is CCc1[nH]c2ccccc2c1CC(=O)N[C@@H](CCCN)C(=O)Nc1ccc(C(c2ccc(NC(=O)[C@@H](CCCN)NC(=O)Cc3c(CC)[nH]c4ccccc34)cc2)c2ccc(NC(=O)[C@@H](CCCN)NC(=O)Cc3c(CC)[nH]c4ccccc34)cc2)cc1. The van der Waals surface area contributed by atoms with Crippen molar-refractivity contribution in [2.24, 2.45) is 17.2 Å². The normalized spacial score (nSPS) is 12.4. The van der Waals surface area contributed by atoms with Crippen LogP contribution in [-0.4, -0.2) is 88.2 Å². The van der Waals surface area contributed by atoms with Gasteiger partial charge in [0, 0.05) is 72.8 Å². The molecular formula is C70H82N12O6. The maximum Gasteiger partial charge on any atom is 0.246 e. The van der Waals surface area contributed by atoms with Crippen molar-refractivity contribution in [3.63, 3.8) is 0 Å². The minimum absolute atomic E-state index is 0.108. The number of anilines is 3. The predicted octanol–water partition coefficient (Wildman–Crippen LogP) is 9.21. The molecule has 458 valence electrons. The number of nitrogens with one attached hydrogen (secondary N) is 9. The van der Waals surface area contributed by atoms with Crippen molar-refractivity contribution in [1.82, 2.24) is 30.9 Å². The van der Waals surface area contributed by atoms with E-state index < -0.39 is 24.0 Å². The fourth-order valence-corrected chi connectivity index (χ4v) is 11.8. The van der Waals surface area contributed by atoms with Gasteiger partial charge in [-0.05, 0) is 165 Å². The number of carbonyl (C=O) groups is 6. The minimum atomic E-state index is -0.838. The number of aromatic amines is 3. The molecule has 88 heavy (non-hydrogen) atoms. The van der Waals surface area contributed by atoms with Crippen molar-refractivity contribution in [3.8, 4) is 0 Å². The number of rotatable bonds is 30. The summed E-state index contributed by atoms with van der Waals surface area (Å²) in [4.78, 5) is 93.4. The molecule has 0 aliphatic heterocycles. The number of fused-ring (bicyclic) bond motifs is 3. The summed E-state index contributed by atoms with van der Waals surface area (Å²) in [6.07, 6.45) is 5.09. The van der Waals surface area contributed by atoms with Gasteiger partial charge in [0.1, 0.15) is 18.1 Å². The summed E-state index contributed by atoms with van der Waals surface area (Å²) in [5.74, 6) is -2.31. The monoisotopic (exact) mass is 1190 g/mol. The van der Waals surface area contributed by atoms with Crippen LogP contribution in [-0.2, 0) is 67.3 Å². The average molecular weight is 1190 g/mol. The second-order valence-electron chi connectivity index (χ2n) is 22.4. The zero-order valence-electron chi connectivity index (χ0n) is 50.5. The van der Waals surface area contributed by atoms with Gasteiger partial charge in [-0.1, -0.05) is 112 Å². The predicted molar refractivity (Wildman–Crippen MR) is 351 cm³/mol. The molecule has 3 atom stereocenters. The van der Waals surface area contributed by atoms with Crippen LogP contribution in [0.1, 0.15) is 116 Å². The number of H-pyrrole nitrogens is 3. The number of hydrogen-bond acceptors (Lipinski definition) is 9. The molecule has 0 saturated carbocycles. The van der Waals surface area contributed by atoms with Crippen LogP contribution in [0, 0.1) is 0 Å². The number of nitrogens with two attached hydrogens (primary N) is 3. The molecule has 18 nitrogen and oxygen atoms in total. The number of aryl methyl sites for hydroxylation is 3. The first-order chi connectivity index (χ1) is 42.8. The van der Waals surface area contributed by atoms with Crippen molar-refractivity contribution in [2.45, 2.75) is 122 Å². The molecule has 3 aromatic heterocycles. The number of amides is 6. The highest BCUT2D eigenvalue weighted by Gasteiger charge is 2.27. The standard InChI is InChI=1S/C70H82N12O6/c1-4-55-52(49-16-7-10-19-58(49)77-55)40-64(83)80-61(22-13-37-71)68(86)74-46-31-25-43(26-32-46)67(44-27-33-47(34-28-44)75-69(87)62(23-14-38-72)81-65(84)41-53-50-17-8-11-20-59(50)78-56(53)5-2)45-29-35-48(36-30-45)76-70(88)63(24-15-39-73)82-66(85)42-54-51-18-9-12-21-60(51)79-57(54)6-3/h7-12,16-21,25-36,61-63,67,77-79H,4-6,13-15,22-24,37-42,71-73H2,1-3H3,(H,74,86)(H,75,87)(H,76,88)(H,80,83)(H,81,84)(H,82,85)/t61-,62-,63+/m1/s1. The third-order valence-corrected chi connectivity index (χ3v) is 16.4. The summed E-state index contributed by atoms with van der Waals surface area (Å²) in [6, 6.07) is 43.6. The quantitative estimate of drug-likeness (QED) is 0.0191. The van der Waals surface area contributed by atoms with Crippen molar-refractivity contribution in [2.75, 3.05) is 35.6 Å². The second kappa shape index (κ2) is 30.3. The van der Waals surface area contributed by atoms with Crippen molar-refractivity contribution in [3.05, 3.63) is 196 Å². The largest absolute Gasteiger partial charge is 0.358 e. The fourth-order valence-electron chi connectivity index (χ4n) is 11.8. The molecule has 9 rings (SSSR count). The van der Waals surface area contributed by atoms with E-state index in [9.17, 15) is 28.8 Å². The van der Waals surface area contributed by atoms with E-state index in [1.165, 1.54) is 0 Å². The van der Waals surface area contributed by atoms with Gasteiger partial charge in [-0.15, -0.1) is 0 Å². The van der Waals surface area contributed by atoms with Gasteiger partial charge in [-0.2, -0.15) is 0 Å². The molecule has 0 radical (unpaired) electrons. The van der Waals surface area contributed by atoms with Crippen LogP contribution in [0.5, 0.6) is 0 Å². The zero-order chi connectivity index (χ0) is 62.1. The zero-order valence-corrected chi connectivity index (χ0v) is 50.5. The molecule has 0 aliphatic rings. The molecule has 6 amide bonds. The van der Waals surface area contributed by atoms with Crippen LogP contribution >= 0.6 is 0 Å². The van der Waals surface area contributed by atoms with E-state index >= 15 is 0 Å². The maximum absolute atomic E-state index is 14.0. The van der Waals surface area contributed by atoms with Crippen LogP contribution in [0.15, 0.2) is 146 Å². The molecule has 0 bridgehead atoms. The van der Waals surface area contributed by atoms with Gasteiger partial charge < -0.3 is 64.1 Å². The molecule has 0 fully saturated rings. The first-order valence-electron chi connectivity index (χ1n) is 30.8. The highest BCUT2D eigenvalue weighted by atomic mass is 16.2. The molecule has 3 heterocycles. The summed E-state index contributed by atoms with van der Waals surface area (Å²) >= 11 is 0. The highest BCUT2D eigenvalue weighted by Crippen LogP contribution is 2.35. The molecule has 6 aromatic carbocycles. The van der Waals surface area contributed by atoms with Crippen LogP contribution in [0.4, 0.5) is 17.1 Å². The molecule has 0 saturated heterocycles. The third-order valence-electron chi connectivity index (χ3n) is 16.4. The molecule has 18 heteroatoms. The Bertz CT molecular complexity index is 3470. The number of aromatic nitrogens is 3. The van der Waals surface area contributed by atoms with Gasteiger partial charge in [-0.3, -0.25) is 28.8 Å². The van der Waals surface area contributed by atoms with E-state index in [2.05, 4.69) is 46.9 Å². The Morgan fingerprint density at radius 2 is 0.636 bits per heavy atom. The second-order valence-corrected chi connectivity index (χ2v) is 22.4.